The van der Waals surface area contributed by atoms with Crippen molar-refractivity contribution in [2.45, 2.75) is 0 Å². The van der Waals surface area contributed by atoms with E-state index in [9.17, 15) is 19.2 Å². The van der Waals surface area contributed by atoms with E-state index in [2.05, 4.69) is 0 Å². The standard InChI is InChI=1S/C14H15N4O4/c1-16-7-8-17(13(21)12(16)20)14(22)18(9-11(15)19)10-5-3-2-4-6-10/h2-6,15H,7-9H2,1H3. The number of imide groups is 1. The van der Waals surface area contributed by atoms with Crippen LogP contribution in [0.4, 0.5) is 10.5 Å². The van der Waals surface area contributed by atoms with Crippen LogP contribution < -0.4 is 10.6 Å². The van der Waals surface area contributed by atoms with Gasteiger partial charge in [-0.25, -0.2) is 4.79 Å². The van der Waals surface area contributed by atoms with E-state index in [1.165, 1.54) is 11.9 Å². The summed E-state index contributed by atoms with van der Waals surface area (Å²) >= 11 is 0. The third-order valence-electron chi connectivity index (χ3n) is 3.27. The molecule has 0 aliphatic carbocycles. The van der Waals surface area contributed by atoms with Gasteiger partial charge in [-0.1, -0.05) is 18.2 Å². The third kappa shape index (κ3) is 3.05. The van der Waals surface area contributed by atoms with Crippen LogP contribution in [0, 0.1) is 0 Å². The highest BCUT2D eigenvalue weighted by Gasteiger charge is 2.37. The van der Waals surface area contributed by atoms with Gasteiger partial charge in [0, 0.05) is 25.8 Å². The van der Waals surface area contributed by atoms with Crippen LogP contribution >= 0.6 is 0 Å². The Labute approximate surface area is 127 Å². The summed E-state index contributed by atoms with van der Waals surface area (Å²) in [5, 5.41) is 0. The fraction of sp³-hybridized carbons (Fsp3) is 0.286. The number of anilines is 1. The van der Waals surface area contributed by atoms with Crippen molar-refractivity contribution in [2.75, 3.05) is 31.6 Å². The highest BCUT2D eigenvalue weighted by atomic mass is 16.2. The van der Waals surface area contributed by atoms with Gasteiger partial charge >= 0.3 is 17.8 Å². The number of para-hydroxylation sites is 1. The number of rotatable bonds is 3. The first-order chi connectivity index (χ1) is 10.4. The molecule has 1 heterocycles. The summed E-state index contributed by atoms with van der Waals surface area (Å²) in [6, 6.07) is 7.46. The Hall–Kier alpha value is -2.90. The SMILES string of the molecule is CN1CCN(C(=O)N(CC([NH])=O)c2ccccc2)C(=O)C1=O. The molecular formula is C14H15N4O4. The Kier molecular flexibility index (Phi) is 4.40. The lowest BCUT2D eigenvalue weighted by molar-refractivity contribution is -0.152. The van der Waals surface area contributed by atoms with E-state index in [4.69, 9.17) is 5.73 Å². The average Bonchev–Trinajstić information content (AvgIpc) is 2.50. The molecule has 1 aromatic carbocycles. The molecule has 2 rings (SSSR count). The maximum atomic E-state index is 12.5. The minimum absolute atomic E-state index is 0.0510. The molecule has 0 saturated carbocycles. The molecule has 0 bridgehead atoms. The third-order valence-corrected chi connectivity index (χ3v) is 3.27. The number of benzene rings is 1. The molecule has 8 nitrogen and oxygen atoms in total. The van der Waals surface area contributed by atoms with Gasteiger partial charge in [0.15, 0.2) is 0 Å². The number of likely N-dealkylation sites (N-methyl/N-ethyl adjacent to an activating group) is 1. The number of carbonyl (C=O) groups excluding carboxylic acids is 4. The first kappa shape index (κ1) is 15.5. The molecule has 1 radical (unpaired) electrons. The van der Waals surface area contributed by atoms with Crippen molar-refractivity contribution in [2.24, 2.45) is 0 Å². The molecule has 1 fully saturated rings. The minimum Gasteiger partial charge on any atom is -0.336 e. The molecule has 22 heavy (non-hydrogen) atoms. The molecule has 0 atom stereocenters. The van der Waals surface area contributed by atoms with Crippen molar-refractivity contribution in [1.82, 2.24) is 15.5 Å². The van der Waals surface area contributed by atoms with E-state index in [1.54, 1.807) is 30.3 Å². The Bertz CT molecular complexity index is 617. The first-order valence-corrected chi connectivity index (χ1v) is 6.59. The average molecular weight is 303 g/mol. The predicted octanol–water partition coefficient (Wildman–Crippen LogP) is -0.277. The lowest BCUT2D eigenvalue weighted by Crippen LogP contribution is -2.58. The van der Waals surface area contributed by atoms with Crippen LogP contribution in [0.25, 0.3) is 0 Å². The van der Waals surface area contributed by atoms with Gasteiger partial charge in [0.1, 0.15) is 6.54 Å². The molecule has 8 heteroatoms. The van der Waals surface area contributed by atoms with Crippen LogP contribution in [0.15, 0.2) is 30.3 Å². The van der Waals surface area contributed by atoms with Gasteiger partial charge in [-0.2, -0.15) is 0 Å². The number of piperazine rings is 1. The molecule has 1 aliphatic heterocycles. The summed E-state index contributed by atoms with van der Waals surface area (Å²) in [7, 11) is 1.48. The van der Waals surface area contributed by atoms with Crippen molar-refractivity contribution in [3.05, 3.63) is 30.3 Å². The predicted molar refractivity (Wildman–Crippen MR) is 76.6 cm³/mol. The normalized spacial score (nSPS) is 15.0. The van der Waals surface area contributed by atoms with Gasteiger partial charge in [-0.3, -0.25) is 29.9 Å². The summed E-state index contributed by atoms with van der Waals surface area (Å²) in [5.41, 5.74) is 7.46. The Morgan fingerprint density at radius 2 is 1.77 bits per heavy atom. The Balaban J connectivity index is 2.28. The molecule has 0 unspecified atom stereocenters. The van der Waals surface area contributed by atoms with Crippen molar-refractivity contribution in [1.29, 1.82) is 0 Å². The summed E-state index contributed by atoms with van der Waals surface area (Å²) < 4.78 is 0. The summed E-state index contributed by atoms with van der Waals surface area (Å²) in [6.45, 7) is -0.208. The van der Waals surface area contributed by atoms with Gasteiger partial charge in [0.05, 0.1) is 0 Å². The molecule has 5 amide bonds. The molecule has 115 valence electrons. The first-order valence-electron chi connectivity index (χ1n) is 6.59. The van der Waals surface area contributed by atoms with E-state index in [0.29, 0.717) is 5.69 Å². The van der Waals surface area contributed by atoms with Crippen molar-refractivity contribution >= 4 is 29.4 Å². The summed E-state index contributed by atoms with van der Waals surface area (Å²) in [5.74, 6) is -2.67. The molecule has 1 N–H and O–H groups in total. The molecular weight excluding hydrogens is 288 g/mol. The van der Waals surface area contributed by atoms with Gasteiger partial charge < -0.3 is 4.90 Å². The zero-order valence-electron chi connectivity index (χ0n) is 12.0. The van der Waals surface area contributed by atoms with Crippen LogP contribution in [0.1, 0.15) is 0 Å². The highest BCUT2D eigenvalue weighted by Crippen LogP contribution is 2.17. The van der Waals surface area contributed by atoms with E-state index in [-0.39, 0.29) is 13.1 Å². The molecule has 0 aromatic heterocycles. The van der Waals surface area contributed by atoms with Crippen LogP contribution in [0.3, 0.4) is 0 Å². The Morgan fingerprint density at radius 1 is 1.14 bits per heavy atom. The molecule has 1 saturated heterocycles. The lowest BCUT2D eigenvalue weighted by atomic mass is 10.2. The monoisotopic (exact) mass is 303 g/mol. The smallest absolute Gasteiger partial charge is 0.332 e. The second kappa shape index (κ2) is 6.25. The second-order valence-corrected chi connectivity index (χ2v) is 4.81. The number of carbonyl (C=O) groups is 4. The van der Waals surface area contributed by atoms with Crippen molar-refractivity contribution in [3.8, 4) is 0 Å². The van der Waals surface area contributed by atoms with E-state index in [1.807, 2.05) is 0 Å². The Morgan fingerprint density at radius 3 is 2.36 bits per heavy atom. The van der Waals surface area contributed by atoms with Crippen molar-refractivity contribution < 1.29 is 19.2 Å². The minimum atomic E-state index is -0.967. The quantitative estimate of drug-likeness (QED) is 0.717. The number of hydrogen-bond acceptors (Lipinski definition) is 4. The molecule has 1 aromatic rings. The van der Waals surface area contributed by atoms with E-state index >= 15 is 0 Å². The summed E-state index contributed by atoms with van der Waals surface area (Å²) in [4.78, 5) is 50.3. The fourth-order valence-electron chi connectivity index (χ4n) is 2.08. The second-order valence-electron chi connectivity index (χ2n) is 4.81. The topological polar surface area (TPSA) is 102 Å². The fourth-order valence-corrected chi connectivity index (χ4v) is 2.08. The molecule has 1 aliphatic rings. The van der Waals surface area contributed by atoms with E-state index in [0.717, 1.165) is 9.80 Å². The van der Waals surface area contributed by atoms with Crippen LogP contribution in [0.2, 0.25) is 0 Å². The van der Waals surface area contributed by atoms with E-state index < -0.39 is 30.3 Å². The van der Waals surface area contributed by atoms with Gasteiger partial charge in [-0.05, 0) is 12.1 Å². The molecule has 0 spiro atoms. The zero-order chi connectivity index (χ0) is 16.3. The van der Waals surface area contributed by atoms with Gasteiger partial charge in [0.2, 0.25) is 0 Å². The summed E-state index contributed by atoms with van der Waals surface area (Å²) in [6.07, 6.45) is 0. The number of nitrogens with zero attached hydrogens (tertiary/aromatic N) is 3. The van der Waals surface area contributed by atoms with Crippen molar-refractivity contribution in [3.63, 3.8) is 0 Å². The number of amides is 5. The van der Waals surface area contributed by atoms with Gasteiger partial charge in [0.25, 0.3) is 5.91 Å². The lowest BCUT2D eigenvalue weighted by Gasteiger charge is -2.33. The number of urea groups is 1. The number of nitrogens with one attached hydrogen (secondary N) is 1. The van der Waals surface area contributed by atoms with Crippen LogP contribution in [-0.2, 0) is 14.4 Å². The largest absolute Gasteiger partial charge is 0.336 e. The van der Waals surface area contributed by atoms with Gasteiger partial charge in [-0.15, -0.1) is 0 Å². The highest BCUT2D eigenvalue weighted by molar-refractivity contribution is 6.38. The maximum Gasteiger partial charge on any atom is 0.332 e. The number of hydrogen-bond donors (Lipinski definition) is 0. The maximum absolute atomic E-state index is 12.5. The van der Waals surface area contributed by atoms with Crippen LogP contribution in [-0.4, -0.2) is 60.2 Å². The van der Waals surface area contributed by atoms with Crippen LogP contribution in [0.5, 0.6) is 0 Å². The zero-order valence-corrected chi connectivity index (χ0v) is 12.0.